The van der Waals surface area contributed by atoms with Crippen molar-refractivity contribution in [3.8, 4) is 0 Å². The summed E-state index contributed by atoms with van der Waals surface area (Å²) >= 11 is 13.3. The Hall–Kier alpha value is -0.950. The van der Waals surface area contributed by atoms with Crippen molar-refractivity contribution in [1.82, 2.24) is 10.0 Å². The number of hydrogen-bond donors (Lipinski definition) is 3. The second kappa shape index (κ2) is 11.3. The summed E-state index contributed by atoms with van der Waals surface area (Å²) in [7, 11) is 0. The Balaban J connectivity index is 0.000000568. The Bertz CT molecular complexity index is 663. The summed E-state index contributed by atoms with van der Waals surface area (Å²) in [5, 5.41) is 4.33. The molecule has 2 atom stereocenters. The van der Waals surface area contributed by atoms with E-state index in [4.69, 9.17) is 28.9 Å². The summed E-state index contributed by atoms with van der Waals surface area (Å²) in [5.74, 6) is 0.325. The molecule has 28 heavy (non-hydrogen) atoms. The molecule has 4 N–H and O–H groups in total. The van der Waals surface area contributed by atoms with Gasteiger partial charge in [-0.05, 0) is 62.8 Å². The SMILES string of the molecule is CC(C)C(N)=O.CC1CCCC1NC(=O)C(C)(C)NSc1cc(Cl)cc(Cl)c1. The van der Waals surface area contributed by atoms with Crippen LogP contribution >= 0.6 is 35.1 Å². The van der Waals surface area contributed by atoms with Crippen LogP contribution in [0, 0.1) is 11.8 Å². The Morgan fingerprint density at radius 3 is 2.14 bits per heavy atom. The molecule has 2 amide bonds. The zero-order chi connectivity index (χ0) is 21.5. The van der Waals surface area contributed by atoms with Crippen molar-refractivity contribution in [3.05, 3.63) is 28.2 Å². The molecule has 2 unspecified atom stereocenters. The Morgan fingerprint density at radius 1 is 1.18 bits per heavy atom. The van der Waals surface area contributed by atoms with Crippen LogP contribution in [0.25, 0.3) is 0 Å². The zero-order valence-corrected chi connectivity index (χ0v) is 19.5. The first-order chi connectivity index (χ1) is 12.9. The van der Waals surface area contributed by atoms with Crippen molar-refractivity contribution in [3.63, 3.8) is 0 Å². The van der Waals surface area contributed by atoms with Gasteiger partial charge in [0.05, 0.1) is 0 Å². The van der Waals surface area contributed by atoms with E-state index in [0.29, 0.717) is 22.0 Å². The van der Waals surface area contributed by atoms with Gasteiger partial charge in [-0.15, -0.1) is 0 Å². The predicted molar refractivity (Wildman–Crippen MR) is 119 cm³/mol. The van der Waals surface area contributed by atoms with E-state index in [1.165, 1.54) is 24.8 Å². The van der Waals surface area contributed by atoms with Crippen molar-refractivity contribution in [2.45, 2.75) is 70.4 Å². The van der Waals surface area contributed by atoms with E-state index >= 15 is 0 Å². The molecule has 0 radical (unpaired) electrons. The molecule has 1 aliphatic carbocycles. The minimum absolute atomic E-state index is 0.00926. The van der Waals surface area contributed by atoms with E-state index in [2.05, 4.69) is 17.0 Å². The largest absolute Gasteiger partial charge is 0.369 e. The molecule has 0 aliphatic heterocycles. The molecule has 0 aromatic heterocycles. The fourth-order valence-electron chi connectivity index (χ4n) is 2.53. The van der Waals surface area contributed by atoms with Gasteiger partial charge < -0.3 is 11.1 Å². The zero-order valence-electron chi connectivity index (χ0n) is 17.1. The van der Waals surface area contributed by atoms with Crippen molar-refractivity contribution in [2.24, 2.45) is 17.6 Å². The monoisotopic (exact) mass is 447 g/mol. The molecule has 0 saturated heterocycles. The maximum absolute atomic E-state index is 12.5. The van der Waals surface area contributed by atoms with Crippen LogP contribution in [0.1, 0.15) is 53.9 Å². The third-order valence-electron chi connectivity index (χ3n) is 4.57. The molecule has 0 spiro atoms. The number of nitrogens with one attached hydrogen (secondary N) is 2. The number of nitrogens with two attached hydrogens (primary N) is 1. The van der Waals surface area contributed by atoms with Gasteiger partial charge in [0.1, 0.15) is 5.54 Å². The molecule has 1 aliphatic rings. The fraction of sp³-hybridized carbons (Fsp3) is 0.600. The van der Waals surface area contributed by atoms with Crippen LogP contribution in [0.15, 0.2) is 23.1 Å². The third kappa shape index (κ3) is 8.60. The Labute approximate surface area is 182 Å². The summed E-state index contributed by atoms with van der Waals surface area (Å²) < 4.78 is 3.21. The maximum atomic E-state index is 12.5. The summed E-state index contributed by atoms with van der Waals surface area (Å²) in [6.45, 7) is 9.48. The number of benzene rings is 1. The highest BCUT2D eigenvalue weighted by Gasteiger charge is 2.32. The number of hydrogen-bond acceptors (Lipinski definition) is 4. The van der Waals surface area contributed by atoms with Gasteiger partial charge in [0, 0.05) is 26.9 Å². The van der Waals surface area contributed by atoms with Crippen LogP contribution in [0.5, 0.6) is 0 Å². The molecule has 1 saturated carbocycles. The lowest BCUT2D eigenvalue weighted by Gasteiger charge is -2.28. The van der Waals surface area contributed by atoms with Crippen molar-refractivity contribution in [1.29, 1.82) is 0 Å². The molecule has 1 fully saturated rings. The highest BCUT2D eigenvalue weighted by molar-refractivity contribution is 7.97. The van der Waals surface area contributed by atoms with Gasteiger partial charge in [-0.1, -0.05) is 50.4 Å². The van der Waals surface area contributed by atoms with Crippen LogP contribution in [0.2, 0.25) is 10.0 Å². The molecule has 1 aromatic rings. The lowest BCUT2D eigenvalue weighted by Crippen LogP contribution is -2.53. The maximum Gasteiger partial charge on any atom is 0.240 e. The van der Waals surface area contributed by atoms with Gasteiger partial charge in [-0.25, -0.2) is 4.72 Å². The minimum atomic E-state index is -0.679. The quantitative estimate of drug-likeness (QED) is 0.546. The van der Waals surface area contributed by atoms with Crippen molar-refractivity contribution < 1.29 is 9.59 Å². The summed E-state index contributed by atoms with van der Waals surface area (Å²) in [5.41, 5.74) is 4.12. The van der Waals surface area contributed by atoms with Gasteiger partial charge in [-0.3, -0.25) is 9.59 Å². The second-order valence-corrected chi connectivity index (χ2v) is 9.73. The molecule has 5 nitrogen and oxygen atoms in total. The fourth-order valence-corrected chi connectivity index (χ4v) is 4.02. The van der Waals surface area contributed by atoms with Gasteiger partial charge >= 0.3 is 0 Å². The van der Waals surface area contributed by atoms with Crippen LogP contribution in [0.3, 0.4) is 0 Å². The molecule has 0 heterocycles. The second-order valence-electron chi connectivity index (χ2n) is 7.98. The number of carbonyl (C=O) groups is 2. The number of amides is 2. The predicted octanol–water partition coefficient (Wildman–Crippen LogP) is 4.80. The van der Waals surface area contributed by atoms with Gasteiger partial charge in [0.15, 0.2) is 0 Å². The molecule has 8 heteroatoms. The van der Waals surface area contributed by atoms with Gasteiger partial charge in [-0.2, -0.15) is 0 Å². The average Bonchev–Trinajstić information content (AvgIpc) is 2.97. The van der Waals surface area contributed by atoms with Gasteiger partial charge in [0.25, 0.3) is 0 Å². The van der Waals surface area contributed by atoms with E-state index in [-0.39, 0.29) is 17.7 Å². The smallest absolute Gasteiger partial charge is 0.240 e. The normalized spacial score (nSPS) is 19.1. The average molecular weight is 448 g/mol. The van der Waals surface area contributed by atoms with E-state index in [9.17, 15) is 9.59 Å². The molecule has 0 bridgehead atoms. The molecular formula is C20H31Cl2N3O2S. The summed E-state index contributed by atoms with van der Waals surface area (Å²) in [6, 6.07) is 5.61. The van der Waals surface area contributed by atoms with Crippen LogP contribution in [-0.4, -0.2) is 23.4 Å². The van der Waals surface area contributed by atoms with Crippen molar-refractivity contribution >= 4 is 47.0 Å². The van der Waals surface area contributed by atoms with Crippen LogP contribution < -0.4 is 15.8 Å². The molecule has 1 aromatic carbocycles. The molecule has 158 valence electrons. The third-order valence-corrected chi connectivity index (χ3v) is 6.09. The van der Waals surface area contributed by atoms with Crippen molar-refractivity contribution in [2.75, 3.05) is 0 Å². The Kier molecular flexibility index (Phi) is 10.1. The number of halogens is 2. The topological polar surface area (TPSA) is 84.2 Å². The first kappa shape index (κ1) is 25.1. The first-order valence-electron chi connectivity index (χ1n) is 9.42. The minimum Gasteiger partial charge on any atom is -0.369 e. The van der Waals surface area contributed by atoms with Crippen LogP contribution in [-0.2, 0) is 9.59 Å². The lowest BCUT2D eigenvalue weighted by atomic mass is 10.0. The summed E-state index contributed by atoms with van der Waals surface area (Å²) in [4.78, 5) is 23.3. The van der Waals surface area contributed by atoms with Gasteiger partial charge in [0.2, 0.25) is 11.8 Å². The van der Waals surface area contributed by atoms with E-state index in [1.807, 2.05) is 26.0 Å². The van der Waals surface area contributed by atoms with E-state index in [0.717, 1.165) is 11.3 Å². The summed E-state index contributed by atoms with van der Waals surface area (Å²) in [6.07, 6.45) is 3.45. The van der Waals surface area contributed by atoms with Crippen LogP contribution in [0.4, 0.5) is 0 Å². The lowest BCUT2D eigenvalue weighted by molar-refractivity contribution is -0.126. The molecular weight excluding hydrogens is 417 g/mol. The highest BCUT2D eigenvalue weighted by Crippen LogP contribution is 2.28. The number of carbonyl (C=O) groups excluding carboxylic acids is 2. The van der Waals surface area contributed by atoms with E-state index < -0.39 is 5.54 Å². The Morgan fingerprint density at radius 2 is 1.71 bits per heavy atom. The standard InChI is InChI=1S/C16H22Cl2N2OS.C4H9NO/c1-10-5-4-6-14(10)19-15(21)16(2,3)20-22-13-8-11(17)7-12(18)9-13;1-3(2)4(5)6/h7-10,14,20H,4-6H2,1-3H3,(H,19,21);3H,1-2H3,(H2,5,6). The highest BCUT2D eigenvalue weighted by atomic mass is 35.5. The first-order valence-corrected chi connectivity index (χ1v) is 11.0. The van der Waals surface area contributed by atoms with E-state index in [1.54, 1.807) is 19.9 Å². The number of rotatable bonds is 6. The number of primary amides is 1. The molecule has 2 rings (SSSR count).